The van der Waals surface area contributed by atoms with E-state index >= 15 is 0 Å². The Morgan fingerprint density at radius 2 is 1.54 bits per heavy atom. The van der Waals surface area contributed by atoms with Crippen LogP contribution < -0.4 is 5.32 Å². The van der Waals surface area contributed by atoms with Gasteiger partial charge in [0, 0.05) is 24.2 Å². The lowest BCUT2D eigenvalue weighted by Gasteiger charge is -2.07. The predicted octanol–water partition coefficient (Wildman–Crippen LogP) is 0.367. The molecule has 1 aromatic carbocycles. The van der Waals surface area contributed by atoms with E-state index in [0.717, 1.165) is 0 Å². The van der Waals surface area contributed by atoms with Gasteiger partial charge in [-0.05, 0) is 12.1 Å². The van der Waals surface area contributed by atoms with Crippen molar-refractivity contribution >= 4 is 11.6 Å². The number of carbonyl (C=O) groups excluding carboxylic acids is 1. The Hall–Kier alpha value is -2.07. The number of carbonyl (C=O) groups is 1. The average molecular weight is 342 g/mol. The maximum absolute atomic E-state index is 11.8. The SMILES string of the molecule is O=C(NCCOCCOCCOCCO)c1ccc([N+](=O)[O-])cc1. The van der Waals surface area contributed by atoms with Gasteiger partial charge in [-0.15, -0.1) is 0 Å². The van der Waals surface area contributed by atoms with Crippen LogP contribution in [-0.2, 0) is 14.2 Å². The Bertz CT molecular complexity index is 493. The van der Waals surface area contributed by atoms with Crippen molar-refractivity contribution in [2.75, 3.05) is 52.8 Å². The summed E-state index contributed by atoms with van der Waals surface area (Å²) in [5.41, 5.74) is 0.295. The van der Waals surface area contributed by atoms with E-state index in [2.05, 4.69) is 5.32 Å². The lowest BCUT2D eigenvalue weighted by molar-refractivity contribution is -0.384. The van der Waals surface area contributed by atoms with Crippen LogP contribution in [0.4, 0.5) is 5.69 Å². The summed E-state index contributed by atoms with van der Waals surface area (Å²) in [6.07, 6.45) is 0. The number of aliphatic hydroxyl groups excluding tert-OH is 1. The van der Waals surface area contributed by atoms with Crippen molar-refractivity contribution in [3.05, 3.63) is 39.9 Å². The van der Waals surface area contributed by atoms with Gasteiger partial charge >= 0.3 is 0 Å². The quantitative estimate of drug-likeness (QED) is 0.302. The number of nitro benzene ring substituents is 1. The van der Waals surface area contributed by atoms with E-state index in [1.807, 2.05) is 0 Å². The fraction of sp³-hybridized carbons (Fsp3) is 0.533. The molecule has 9 nitrogen and oxygen atoms in total. The van der Waals surface area contributed by atoms with Gasteiger partial charge < -0.3 is 24.6 Å². The number of benzene rings is 1. The number of amides is 1. The van der Waals surface area contributed by atoms with Crippen LogP contribution in [-0.4, -0.2) is 68.7 Å². The van der Waals surface area contributed by atoms with Crippen LogP contribution in [0.25, 0.3) is 0 Å². The summed E-state index contributed by atoms with van der Waals surface area (Å²) in [7, 11) is 0. The fourth-order valence-corrected chi connectivity index (χ4v) is 1.68. The van der Waals surface area contributed by atoms with Gasteiger partial charge in [-0.3, -0.25) is 14.9 Å². The van der Waals surface area contributed by atoms with Gasteiger partial charge in [-0.1, -0.05) is 0 Å². The highest BCUT2D eigenvalue weighted by Crippen LogP contribution is 2.11. The summed E-state index contributed by atoms with van der Waals surface area (Å²) in [5, 5.41) is 21.7. The van der Waals surface area contributed by atoms with E-state index in [-0.39, 0.29) is 18.2 Å². The maximum atomic E-state index is 11.8. The molecule has 0 aliphatic carbocycles. The standard InChI is InChI=1S/C15H22N2O7/c18-6-8-23-10-12-24-11-9-22-7-5-16-15(19)13-1-3-14(4-2-13)17(20)21/h1-4,18H,5-12H2,(H,16,19). The van der Waals surface area contributed by atoms with Crippen molar-refractivity contribution in [1.29, 1.82) is 0 Å². The third-order valence-electron chi connectivity index (χ3n) is 2.85. The third-order valence-corrected chi connectivity index (χ3v) is 2.85. The Morgan fingerprint density at radius 3 is 2.08 bits per heavy atom. The summed E-state index contributed by atoms with van der Waals surface area (Å²) < 4.78 is 15.5. The highest BCUT2D eigenvalue weighted by atomic mass is 16.6. The van der Waals surface area contributed by atoms with Crippen molar-refractivity contribution in [2.45, 2.75) is 0 Å². The molecule has 1 aromatic rings. The van der Waals surface area contributed by atoms with Crippen LogP contribution in [0.3, 0.4) is 0 Å². The lowest BCUT2D eigenvalue weighted by Crippen LogP contribution is -2.27. The Labute approximate surface area is 139 Å². The van der Waals surface area contributed by atoms with Crippen molar-refractivity contribution in [3.63, 3.8) is 0 Å². The van der Waals surface area contributed by atoms with Crippen LogP contribution in [0.5, 0.6) is 0 Å². The molecule has 24 heavy (non-hydrogen) atoms. The van der Waals surface area contributed by atoms with Gasteiger partial charge in [0.1, 0.15) is 0 Å². The summed E-state index contributed by atoms with van der Waals surface area (Å²) in [5.74, 6) is -0.314. The Balaban J connectivity index is 2.02. The molecule has 0 aliphatic heterocycles. The molecule has 0 radical (unpaired) electrons. The molecule has 0 saturated heterocycles. The van der Waals surface area contributed by atoms with Crippen LogP contribution in [0.2, 0.25) is 0 Å². The van der Waals surface area contributed by atoms with E-state index in [1.165, 1.54) is 24.3 Å². The second kappa shape index (κ2) is 12.4. The molecule has 2 N–H and O–H groups in total. The molecule has 1 amide bonds. The van der Waals surface area contributed by atoms with Crippen molar-refractivity contribution in [2.24, 2.45) is 0 Å². The number of ether oxygens (including phenoxy) is 3. The Morgan fingerprint density at radius 1 is 1.00 bits per heavy atom. The minimum absolute atomic E-state index is 0.00525. The minimum atomic E-state index is -0.517. The van der Waals surface area contributed by atoms with E-state index in [0.29, 0.717) is 51.7 Å². The monoisotopic (exact) mass is 342 g/mol. The fourth-order valence-electron chi connectivity index (χ4n) is 1.68. The molecule has 0 fully saturated rings. The third kappa shape index (κ3) is 8.53. The van der Waals surface area contributed by atoms with Crippen molar-refractivity contribution in [3.8, 4) is 0 Å². The zero-order valence-corrected chi connectivity index (χ0v) is 13.3. The topological polar surface area (TPSA) is 120 Å². The van der Waals surface area contributed by atoms with Gasteiger partial charge in [0.05, 0.1) is 51.2 Å². The molecule has 0 heterocycles. The number of non-ortho nitro benzene ring substituents is 1. The van der Waals surface area contributed by atoms with Gasteiger partial charge in [-0.2, -0.15) is 0 Å². The number of aliphatic hydroxyl groups is 1. The zero-order chi connectivity index (χ0) is 17.6. The normalized spacial score (nSPS) is 10.5. The number of hydrogen-bond donors (Lipinski definition) is 2. The molecule has 0 unspecified atom stereocenters. The lowest BCUT2D eigenvalue weighted by atomic mass is 10.2. The molecule has 9 heteroatoms. The molecular formula is C15H22N2O7. The summed E-state index contributed by atoms with van der Waals surface area (Å²) in [6.45, 7) is 2.62. The van der Waals surface area contributed by atoms with Gasteiger partial charge in [0.15, 0.2) is 0 Å². The van der Waals surface area contributed by atoms with E-state index < -0.39 is 4.92 Å². The first-order chi connectivity index (χ1) is 11.6. The van der Waals surface area contributed by atoms with E-state index in [1.54, 1.807) is 0 Å². The van der Waals surface area contributed by atoms with Gasteiger partial charge in [0.2, 0.25) is 0 Å². The molecule has 0 aromatic heterocycles. The second-order valence-electron chi connectivity index (χ2n) is 4.62. The first-order valence-corrected chi connectivity index (χ1v) is 7.52. The number of nitro groups is 1. The molecule has 1 rings (SSSR count). The largest absolute Gasteiger partial charge is 0.394 e. The highest BCUT2D eigenvalue weighted by molar-refractivity contribution is 5.94. The van der Waals surface area contributed by atoms with Crippen LogP contribution in [0.1, 0.15) is 10.4 Å². The zero-order valence-electron chi connectivity index (χ0n) is 13.3. The first-order valence-electron chi connectivity index (χ1n) is 7.52. The first kappa shape index (κ1) is 20.0. The number of hydrogen-bond acceptors (Lipinski definition) is 7. The predicted molar refractivity (Wildman–Crippen MR) is 85.0 cm³/mol. The molecule has 0 atom stereocenters. The molecule has 0 spiro atoms. The van der Waals surface area contributed by atoms with Crippen LogP contribution in [0, 0.1) is 10.1 Å². The van der Waals surface area contributed by atoms with Crippen LogP contribution >= 0.6 is 0 Å². The molecule has 134 valence electrons. The summed E-state index contributed by atoms with van der Waals surface area (Å²) in [6, 6.07) is 5.38. The maximum Gasteiger partial charge on any atom is 0.269 e. The second-order valence-corrected chi connectivity index (χ2v) is 4.62. The average Bonchev–Trinajstić information content (AvgIpc) is 2.59. The minimum Gasteiger partial charge on any atom is -0.394 e. The highest BCUT2D eigenvalue weighted by Gasteiger charge is 2.08. The Kier molecular flexibility index (Phi) is 10.3. The molecule has 0 saturated carbocycles. The number of nitrogens with zero attached hydrogens (tertiary/aromatic N) is 1. The van der Waals surface area contributed by atoms with Crippen LogP contribution in [0.15, 0.2) is 24.3 Å². The number of nitrogens with one attached hydrogen (secondary N) is 1. The molecular weight excluding hydrogens is 320 g/mol. The summed E-state index contributed by atoms with van der Waals surface area (Å²) >= 11 is 0. The van der Waals surface area contributed by atoms with E-state index in [9.17, 15) is 14.9 Å². The number of rotatable bonds is 13. The molecule has 0 aliphatic rings. The van der Waals surface area contributed by atoms with Crippen molar-refractivity contribution in [1.82, 2.24) is 5.32 Å². The van der Waals surface area contributed by atoms with E-state index in [4.69, 9.17) is 19.3 Å². The van der Waals surface area contributed by atoms with Gasteiger partial charge in [-0.25, -0.2) is 0 Å². The summed E-state index contributed by atoms with van der Waals surface area (Å²) in [4.78, 5) is 21.8. The molecule has 0 bridgehead atoms. The van der Waals surface area contributed by atoms with Gasteiger partial charge in [0.25, 0.3) is 11.6 Å². The van der Waals surface area contributed by atoms with Crippen molar-refractivity contribution < 1.29 is 29.0 Å². The smallest absolute Gasteiger partial charge is 0.269 e.